The monoisotopic (exact) mass is 284 g/mol. The fourth-order valence-corrected chi connectivity index (χ4v) is 2.60. The van der Waals surface area contributed by atoms with Crippen molar-refractivity contribution in [3.63, 3.8) is 0 Å². The van der Waals surface area contributed by atoms with Crippen molar-refractivity contribution in [2.24, 2.45) is 7.05 Å². The number of benzene rings is 1. The first-order valence-electron chi connectivity index (χ1n) is 7.37. The zero-order valence-corrected chi connectivity index (χ0v) is 12.2. The van der Waals surface area contributed by atoms with Crippen LogP contribution < -0.4 is 15.6 Å². The Morgan fingerprint density at radius 3 is 2.38 bits per heavy atom. The van der Waals surface area contributed by atoms with Crippen molar-refractivity contribution in [2.45, 2.75) is 18.9 Å². The molecule has 1 N–H and O–H groups in total. The normalized spacial score (nSPS) is 15.9. The minimum absolute atomic E-state index is 0.00427. The molecule has 4 heteroatoms. The van der Waals surface area contributed by atoms with Crippen LogP contribution in [-0.4, -0.2) is 23.8 Å². The van der Waals surface area contributed by atoms with Gasteiger partial charge in [0, 0.05) is 19.3 Å². The molecular formula is C17H20N2O2. The van der Waals surface area contributed by atoms with Crippen molar-refractivity contribution in [3.8, 4) is 16.9 Å². The molecule has 1 aliphatic heterocycles. The van der Waals surface area contributed by atoms with Gasteiger partial charge in [0.25, 0.3) is 0 Å². The van der Waals surface area contributed by atoms with Gasteiger partial charge in [0.2, 0.25) is 5.56 Å². The quantitative estimate of drug-likeness (QED) is 0.939. The highest BCUT2D eigenvalue weighted by Crippen LogP contribution is 2.23. The predicted molar refractivity (Wildman–Crippen MR) is 83.6 cm³/mol. The van der Waals surface area contributed by atoms with Crippen molar-refractivity contribution >= 4 is 0 Å². The molecule has 0 aliphatic carbocycles. The third-order valence-electron chi connectivity index (χ3n) is 3.86. The summed E-state index contributed by atoms with van der Waals surface area (Å²) in [5, 5.41) is 3.33. The Morgan fingerprint density at radius 2 is 1.71 bits per heavy atom. The lowest BCUT2D eigenvalue weighted by atomic mass is 10.1. The highest BCUT2D eigenvalue weighted by molar-refractivity contribution is 5.63. The van der Waals surface area contributed by atoms with Crippen LogP contribution in [0.5, 0.6) is 5.75 Å². The van der Waals surface area contributed by atoms with Crippen molar-refractivity contribution in [2.75, 3.05) is 13.1 Å². The summed E-state index contributed by atoms with van der Waals surface area (Å²) >= 11 is 0. The molecule has 1 fully saturated rings. The number of rotatable bonds is 3. The lowest BCUT2D eigenvalue weighted by molar-refractivity contribution is 0.162. The van der Waals surface area contributed by atoms with Gasteiger partial charge in [-0.1, -0.05) is 12.1 Å². The van der Waals surface area contributed by atoms with Crippen LogP contribution >= 0.6 is 0 Å². The van der Waals surface area contributed by atoms with E-state index in [2.05, 4.69) is 5.32 Å². The van der Waals surface area contributed by atoms with Gasteiger partial charge in [-0.05, 0) is 55.3 Å². The molecule has 0 radical (unpaired) electrons. The summed E-state index contributed by atoms with van der Waals surface area (Å²) in [5.74, 6) is 0.912. The van der Waals surface area contributed by atoms with Gasteiger partial charge in [-0.15, -0.1) is 0 Å². The van der Waals surface area contributed by atoms with Crippen LogP contribution in [0.4, 0.5) is 0 Å². The molecule has 3 rings (SSSR count). The van der Waals surface area contributed by atoms with Gasteiger partial charge >= 0.3 is 0 Å². The fraction of sp³-hybridized carbons (Fsp3) is 0.353. The summed E-state index contributed by atoms with van der Waals surface area (Å²) < 4.78 is 7.59. The van der Waals surface area contributed by atoms with Crippen LogP contribution in [0.3, 0.4) is 0 Å². The molecule has 0 saturated carbocycles. The Bertz CT molecular complexity index is 655. The molecule has 0 bridgehead atoms. The van der Waals surface area contributed by atoms with E-state index in [1.54, 1.807) is 17.7 Å². The first kappa shape index (κ1) is 13.9. The molecule has 2 heterocycles. The fourth-order valence-electron chi connectivity index (χ4n) is 2.60. The number of hydrogen-bond acceptors (Lipinski definition) is 3. The minimum atomic E-state index is 0.00427. The lowest BCUT2D eigenvalue weighted by Gasteiger charge is -2.23. The lowest BCUT2D eigenvalue weighted by Crippen LogP contribution is -2.34. The van der Waals surface area contributed by atoms with Crippen molar-refractivity contribution < 1.29 is 4.74 Å². The first-order chi connectivity index (χ1) is 10.2. The topological polar surface area (TPSA) is 43.3 Å². The largest absolute Gasteiger partial charge is 0.490 e. The second-order valence-corrected chi connectivity index (χ2v) is 5.46. The van der Waals surface area contributed by atoms with E-state index in [1.807, 2.05) is 36.5 Å². The third kappa shape index (κ3) is 3.34. The number of hydrogen-bond donors (Lipinski definition) is 1. The van der Waals surface area contributed by atoms with Gasteiger partial charge in [0.15, 0.2) is 0 Å². The Labute approximate surface area is 124 Å². The Kier molecular flexibility index (Phi) is 4.06. The van der Waals surface area contributed by atoms with E-state index in [0.717, 1.165) is 42.8 Å². The summed E-state index contributed by atoms with van der Waals surface area (Å²) in [5.41, 5.74) is 2.12. The third-order valence-corrected chi connectivity index (χ3v) is 3.86. The predicted octanol–water partition coefficient (Wildman–Crippen LogP) is 2.18. The molecule has 2 aromatic rings. The van der Waals surface area contributed by atoms with Crippen molar-refractivity contribution in [1.82, 2.24) is 9.88 Å². The Hall–Kier alpha value is -2.07. The van der Waals surface area contributed by atoms with E-state index in [9.17, 15) is 4.79 Å². The average Bonchev–Trinajstić information content (AvgIpc) is 2.52. The van der Waals surface area contributed by atoms with E-state index in [0.29, 0.717) is 6.10 Å². The number of aryl methyl sites for hydroxylation is 1. The number of pyridine rings is 1. The zero-order valence-electron chi connectivity index (χ0n) is 12.2. The molecule has 1 aromatic carbocycles. The van der Waals surface area contributed by atoms with Crippen LogP contribution in [0.25, 0.3) is 11.1 Å². The zero-order chi connectivity index (χ0) is 14.7. The van der Waals surface area contributed by atoms with Crippen molar-refractivity contribution in [3.05, 3.63) is 52.9 Å². The van der Waals surface area contributed by atoms with Gasteiger partial charge in [-0.25, -0.2) is 0 Å². The number of nitrogens with one attached hydrogen (secondary N) is 1. The van der Waals surface area contributed by atoms with Crippen LogP contribution in [0.2, 0.25) is 0 Å². The minimum Gasteiger partial charge on any atom is -0.490 e. The second-order valence-electron chi connectivity index (χ2n) is 5.46. The van der Waals surface area contributed by atoms with E-state index >= 15 is 0 Å². The van der Waals surface area contributed by atoms with Gasteiger partial charge in [-0.3, -0.25) is 4.79 Å². The SMILES string of the molecule is Cn1cc(-c2ccc(OC3CCNCC3)cc2)ccc1=O. The van der Waals surface area contributed by atoms with Gasteiger partial charge in [-0.2, -0.15) is 0 Å². The molecule has 110 valence electrons. The summed E-state index contributed by atoms with van der Waals surface area (Å²) in [6.07, 6.45) is 4.28. The second kappa shape index (κ2) is 6.14. The first-order valence-corrected chi connectivity index (χ1v) is 7.37. The molecule has 4 nitrogen and oxygen atoms in total. The van der Waals surface area contributed by atoms with Crippen LogP contribution in [0.15, 0.2) is 47.4 Å². The van der Waals surface area contributed by atoms with Gasteiger partial charge in [0.1, 0.15) is 11.9 Å². The number of nitrogens with zero attached hydrogens (tertiary/aromatic N) is 1. The summed E-state index contributed by atoms with van der Waals surface area (Å²) in [4.78, 5) is 11.4. The molecule has 1 aromatic heterocycles. The molecule has 1 saturated heterocycles. The highest BCUT2D eigenvalue weighted by Gasteiger charge is 2.14. The number of aromatic nitrogens is 1. The van der Waals surface area contributed by atoms with E-state index < -0.39 is 0 Å². The summed E-state index contributed by atoms with van der Waals surface area (Å²) in [7, 11) is 1.76. The summed E-state index contributed by atoms with van der Waals surface area (Å²) in [6, 6.07) is 11.5. The molecular weight excluding hydrogens is 264 g/mol. The molecule has 0 spiro atoms. The van der Waals surface area contributed by atoms with Crippen LogP contribution in [-0.2, 0) is 7.05 Å². The van der Waals surface area contributed by atoms with Crippen LogP contribution in [0.1, 0.15) is 12.8 Å². The van der Waals surface area contributed by atoms with Crippen molar-refractivity contribution in [1.29, 1.82) is 0 Å². The maximum atomic E-state index is 11.4. The van der Waals surface area contributed by atoms with Gasteiger partial charge in [0.05, 0.1) is 0 Å². The number of piperidine rings is 1. The smallest absolute Gasteiger partial charge is 0.250 e. The molecule has 1 aliphatic rings. The molecule has 0 amide bonds. The van der Waals surface area contributed by atoms with E-state index in [1.165, 1.54) is 0 Å². The number of ether oxygens (including phenoxy) is 1. The summed E-state index contributed by atoms with van der Waals surface area (Å²) in [6.45, 7) is 2.06. The maximum Gasteiger partial charge on any atom is 0.250 e. The van der Waals surface area contributed by atoms with E-state index in [-0.39, 0.29) is 5.56 Å². The molecule has 0 atom stereocenters. The Morgan fingerprint density at radius 1 is 1.05 bits per heavy atom. The molecule has 21 heavy (non-hydrogen) atoms. The standard InChI is InChI=1S/C17H20N2O2/c1-19-12-14(4-7-17(19)20)13-2-5-15(6-3-13)21-16-8-10-18-11-9-16/h2-7,12,16,18H,8-11H2,1H3. The Balaban J connectivity index is 1.73. The van der Waals surface area contributed by atoms with Crippen LogP contribution in [0, 0.1) is 0 Å². The van der Waals surface area contributed by atoms with Gasteiger partial charge < -0.3 is 14.6 Å². The highest BCUT2D eigenvalue weighted by atomic mass is 16.5. The average molecular weight is 284 g/mol. The molecule has 0 unspecified atom stereocenters. The van der Waals surface area contributed by atoms with E-state index in [4.69, 9.17) is 4.74 Å². The maximum absolute atomic E-state index is 11.4.